The number of carbonyl (C=O) groups is 2. The second-order valence-electron chi connectivity index (χ2n) is 8.13. The molecule has 0 saturated carbocycles. The summed E-state index contributed by atoms with van der Waals surface area (Å²) in [5, 5.41) is 22.8. The van der Waals surface area contributed by atoms with Crippen LogP contribution in [0.15, 0.2) is 82.6 Å². The molecule has 2 amide bonds. The van der Waals surface area contributed by atoms with Crippen LogP contribution in [0, 0.1) is 0 Å². The first-order valence-corrected chi connectivity index (χ1v) is 13.1. The smallest absolute Gasteiger partial charge is 0.407 e. The molecule has 3 rings (SSSR count). The monoisotopic (exact) mass is 546 g/mol. The molecule has 0 saturated heterocycles. The summed E-state index contributed by atoms with van der Waals surface area (Å²) in [5.74, 6) is 0.0573. The van der Waals surface area contributed by atoms with Gasteiger partial charge in [-0.1, -0.05) is 35.9 Å². The Labute approximate surface area is 220 Å². The average Bonchev–Trinajstić information content (AvgIpc) is 2.89. The molecule has 196 valence electrons. The molecule has 0 heterocycles. The lowest BCUT2D eigenvalue weighted by molar-refractivity contribution is -0.122. The molecular weight excluding hydrogens is 520 g/mol. The lowest BCUT2D eigenvalue weighted by atomic mass is 10.1. The highest BCUT2D eigenvalue weighted by Crippen LogP contribution is 2.24. The number of ether oxygens (including phenoxy) is 1. The van der Waals surface area contributed by atoms with Crippen molar-refractivity contribution in [1.82, 2.24) is 10.2 Å². The van der Waals surface area contributed by atoms with E-state index in [2.05, 4.69) is 5.32 Å². The molecule has 0 unspecified atom stereocenters. The number of sulfone groups is 1. The normalized spacial score (nSPS) is 12.0. The summed E-state index contributed by atoms with van der Waals surface area (Å²) >= 11 is 5.95. The fourth-order valence-corrected chi connectivity index (χ4v) is 4.92. The number of likely N-dealkylation sites (N-methyl/N-ethyl adjacent to an activating group) is 1. The molecule has 11 heteroatoms. The largest absolute Gasteiger partial charge is 0.484 e. The van der Waals surface area contributed by atoms with Gasteiger partial charge in [-0.3, -0.25) is 4.79 Å². The van der Waals surface area contributed by atoms with Gasteiger partial charge in [0.2, 0.25) is 9.84 Å². The number of amides is 2. The van der Waals surface area contributed by atoms with Gasteiger partial charge in [0, 0.05) is 18.6 Å². The van der Waals surface area contributed by atoms with Gasteiger partial charge < -0.3 is 25.2 Å². The highest BCUT2D eigenvalue weighted by atomic mass is 35.5. The predicted molar refractivity (Wildman–Crippen MR) is 138 cm³/mol. The predicted octanol–water partition coefficient (Wildman–Crippen LogP) is 3.55. The number of benzene rings is 3. The summed E-state index contributed by atoms with van der Waals surface area (Å²) < 4.78 is 31.2. The molecule has 0 aliphatic rings. The highest BCUT2D eigenvalue weighted by molar-refractivity contribution is 7.91. The summed E-state index contributed by atoms with van der Waals surface area (Å²) in [4.78, 5) is 24.2. The van der Waals surface area contributed by atoms with Gasteiger partial charge >= 0.3 is 6.09 Å². The second kappa shape index (κ2) is 12.6. The van der Waals surface area contributed by atoms with Crippen molar-refractivity contribution >= 4 is 33.4 Å². The van der Waals surface area contributed by atoms with Crippen LogP contribution in [-0.2, 0) is 21.1 Å². The summed E-state index contributed by atoms with van der Waals surface area (Å²) in [7, 11) is -2.30. The fourth-order valence-electron chi connectivity index (χ4n) is 3.46. The van der Waals surface area contributed by atoms with Crippen molar-refractivity contribution in [2.45, 2.75) is 22.3 Å². The van der Waals surface area contributed by atoms with E-state index in [-0.39, 0.29) is 35.4 Å². The quantitative estimate of drug-likeness (QED) is 0.335. The molecule has 0 aliphatic heterocycles. The minimum atomic E-state index is -3.79. The SMILES string of the molecule is CNC(=O)COc1ccc(S(=O)(=O)c2ccc(CCN(C[C@H](O)c3cccc(Cl)c3)C(=O)O)cc2)cc1. The Hall–Kier alpha value is -3.60. The van der Waals surface area contributed by atoms with Gasteiger partial charge in [-0.2, -0.15) is 0 Å². The lowest BCUT2D eigenvalue weighted by Crippen LogP contribution is -2.35. The molecule has 0 radical (unpaired) electrons. The number of halogens is 1. The summed E-state index contributed by atoms with van der Waals surface area (Å²) in [6.45, 7) is -0.204. The fraction of sp³-hybridized carbons (Fsp3) is 0.231. The average molecular weight is 547 g/mol. The Balaban J connectivity index is 1.62. The van der Waals surface area contributed by atoms with Gasteiger partial charge in [0.15, 0.2) is 6.61 Å². The zero-order valence-corrected chi connectivity index (χ0v) is 21.6. The Morgan fingerprint density at radius 3 is 2.22 bits per heavy atom. The van der Waals surface area contributed by atoms with E-state index in [1.165, 1.54) is 43.4 Å². The van der Waals surface area contributed by atoms with Crippen LogP contribution in [0.1, 0.15) is 17.2 Å². The highest BCUT2D eigenvalue weighted by Gasteiger charge is 2.20. The topological polar surface area (TPSA) is 133 Å². The number of carboxylic acid groups (broad SMARTS) is 1. The Bertz CT molecular complexity index is 1330. The van der Waals surface area contributed by atoms with Gasteiger partial charge in [0.25, 0.3) is 5.91 Å². The molecule has 0 aliphatic carbocycles. The number of aliphatic hydroxyl groups excluding tert-OH is 1. The van der Waals surface area contributed by atoms with Gasteiger partial charge in [-0.05, 0) is 66.1 Å². The first kappa shape index (κ1) is 28.0. The first-order chi connectivity index (χ1) is 17.6. The molecule has 0 spiro atoms. The standard InChI is InChI=1S/C26H27ClN2O7S/c1-28-25(31)17-36-21-7-11-23(12-8-21)37(34,35)22-9-5-18(6-10-22)13-14-29(26(32)33)16-24(30)19-3-2-4-20(27)15-19/h2-12,15,24,30H,13-14,16-17H2,1H3,(H,28,31)(H,32,33)/t24-/m0/s1. The number of nitrogens with one attached hydrogen (secondary N) is 1. The van der Waals surface area contributed by atoms with E-state index in [0.29, 0.717) is 22.8 Å². The van der Waals surface area contributed by atoms with Crippen LogP contribution in [0.3, 0.4) is 0 Å². The minimum absolute atomic E-state index is 0.0691. The Morgan fingerprint density at radius 2 is 1.65 bits per heavy atom. The van der Waals surface area contributed by atoms with Crippen LogP contribution in [0.4, 0.5) is 4.79 Å². The summed E-state index contributed by atoms with van der Waals surface area (Å²) in [6.07, 6.45) is -1.89. The van der Waals surface area contributed by atoms with Crippen molar-refractivity contribution in [2.24, 2.45) is 0 Å². The third-order valence-corrected chi connectivity index (χ3v) is 7.60. The van der Waals surface area contributed by atoms with Crippen molar-refractivity contribution in [3.05, 3.63) is 88.9 Å². The maximum Gasteiger partial charge on any atom is 0.407 e. The Kier molecular flexibility index (Phi) is 9.51. The van der Waals surface area contributed by atoms with Crippen LogP contribution in [0.5, 0.6) is 5.75 Å². The van der Waals surface area contributed by atoms with Crippen molar-refractivity contribution in [3.63, 3.8) is 0 Å². The molecule has 1 atom stereocenters. The van der Waals surface area contributed by atoms with Crippen LogP contribution < -0.4 is 10.1 Å². The maximum atomic E-state index is 13.0. The van der Waals surface area contributed by atoms with Crippen molar-refractivity contribution in [2.75, 3.05) is 26.7 Å². The minimum Gasteiger partial charge on any atom is -0.484 e. The molecule has 3 aromatic rings. The third-order valence-electron chi connectivity index (χ3n) is 5.58. The van der Waals surface area contributed by atoms with Gasteiger partial charge in [0.1, 0.15) is 5.75 Å². The van der Waals surface area contributed by atoms with Crippen molar-refractivity contribution in [1.29, 1.82) is 0 Å². The van der Waals surface area contributed by atoms with E-state index in [4.69, 9.17) is 16.3 Å². The van der Waals surface area contributed by atoms with E-state index in [1.54, 1.807) is 36.4 Å². The zero-order chi connectivity index (χ0) is 27.0. The molecule has 3 aromatic carbocycles. The molecule has 3 N–H and O–H groups in total. The molecule has 0 aromatic heterocycles. The molecule has 37 heavy (non-hydrogen) atoms. The van der Waals surface area contributed by atoms with E-state index < -0.39 is 22.0 Å². The lowest BCUT2D eigenvalue weighted by Gasteiger charge is -2.23. The number of carbonyl (C=O) groups excluding carboxylic acids is 1. The number of hydrogen-bond acceptors (Lipinski definition) is 6. The number of hydrogen-bond donors (Lipinski definition) is 3. The molecule has 9 nitrogen and oxygen atoms in total. The zero-order valence-electron chi connectivity index (χ0n) is 20.0. The van der Waals surface area contributed by atoms with Gasteiger partial charge in [-0.25, -0.2) is 13.2 Å². The van der Waals surface area contributed by atoms with Crippen molar-refractivity contribution in [3.8, 4) is 5.75 Å². The second-order valence-corrected chi connectivity index (χ2v) is 10.5. The summed E-state index contributed by atoms with van der Waals surface area (Å²) in [6, 6.07) is 18.5. The van der Waals surface area contributed by atoms with Crippen LogP contribution in [0.25, 0.3) is 0 Å². The molecule has 0 fully saturated rings. The summed E-state index contributed by atoms with van der Waals surface area (Å²) in [5.41, 5.74) is 1.25. The number of rotatable bonds is 11. The van der Waals surface area contributed by atoms with Crippen molar-refractivity contribution < 1.29 is 33.0 Å². The van der Waals surface area contributed by atoms with E-state index in [0.717, 1.165) is 10.5 Å². The molecular formula is C26H27ClN2O7S. The van der Waals surface area contributed by atoms with Crippen LogP contribution in [0.2, 0.25) is 5.02 Å². The van der Waals surface area contributed by atoms with Crippen LogP contribution in [-0.4, -0.2) is 62.3 Å². The Morgan fingerprint density at radius 1 is 1.03 bits per heavy atom. The first-order valence-electron chi connectivity index (χ1n) is 11.3. The molecule has 0 bridgehead atoms. The third kappa shape index (κ3) is 7.69. The van der Waals surface area contributed by atoms with E-state index in [9.17, 15) is 28.2 Å². The van der Waals surface area contributed by atoms with E-state index >= 15 is 0 Å². The van der Waals surface area contributed by atoms with E-state index in [1.807, 2.05) is 0 Å². The number of aliphatic hydroxyl groups is 1. The van der Waals surface area contributed by atoms with Gasteiger partial charge in [0.05, 0.1) is 22.4 Å². The number of nitrogens with zero attached hydrogens (tertiary/aromatic N) is 1. The maximum absolute atomic E-state index is 13.0. The van der Waals surface area contributed by atoms with Gasteiger partial charge in [-0.15, -0.1) is 0 Å². The van der Waals surface area contributed by atoms with Crippen LogP contribution >= 0.6 is 11.6 Å².